The van der Waals surface area contributed by atoms with E-state index in [9.17, 15) is 0 Å². The second-order valence-corrected chi connectivity index (χ2v) is 4.93. The Hall–Kier alpha value is -1.09. The Morgan fingerprint density at radius 2 is 2.25 bits per heavy atom. The lowest BCUT2D eigenvalue weighted by molar-refractivity contribution is 0.586. The van der Waals surface area contributed by atoms with Gasteiger partial charge in [-0.25, -0.2) is 4.98 Å². The first-order valence-electron chi connectivity index (χ1n) is 5.97. The number of nitrogens with zero attached hydrogens (tertiary/aromatic N) is 2. The minimum atomic E-state index is 1.09. The van der Waals surface area contributed by atoms with Crippen LogP contribution in [0.15, 0.2) is 29.9 Å². The molecule has 2 rings (SSSR count). The molecule has 0 aromatic carbocycles. The highest BCUT2D eigenvalue weighted by Gasteiger charge is 2.05. The van der Waals surface area contributed by atoms with Crippen LogP contribution in [0.1, 0.15) is 32.6 Å². The second kappa shape index (κ2) is 5.85. The normalized spacial score (nSPS) is 10.8. The van der Waals surface area contributed by atoms with Gasteiger partial charge >= 0.3 is 0 Å². The molecule has 0 aliphatic heterocycles. The fourth-order valence-electron chi connectivity index (χ4n) is 1.83. The molecule has 0 atom stereocenters. The van der Waals surface area contributed by atoms with Crippen molar-refractivity contribution in [1.29, 1.82) is 0 Å². The third kappa shape index (κ3) is 2.73. The zero-order valence-electron chi connectivity index (χ0n) is 9.72. The highest BCUT2D eigenvalue weighted by Crippen LogP contribution is 2.23. The Labute approximate surface area is 101 Å². The molecular formula is C13H18N2S. The van der Waals surface area contributed by atoms with Gasteiger partial charge in [-0.05, 0) is 17.9 Å². The van der Waals surface area contributed by atoms with Gasteiger partial charge in [0.25, 0.3) is 0 Å². The van der Waals surface area contributed by atoms with Gasteiger partial charge in [-0.2, -0.15) is 0 Å². The largest absolute Gasteiger partial charge is 0.330 e. The zero-order chi connectivity index (χ0) is 11.2. The first kappa shape index (κ1) is 11.4. The molecule has 0 fully saturated rings. The van der Waals surface area contributed by atoms with Crippen LogP contribution in [0, 0.1) is 0 Å². The predicted octanol–water partition coefficient (Wildman–Crippen LogP) is 4.19. The van der Waals surface area contributed by atoms with Gasteiger partial charge in [-0.15, -0.1) is 11.3 Å². The number of thiophene rings is 1. The molecule has 0 N–H and O–H groups in total. The summed E-state index contributed by atoms with van der Waals surface area (Å²) in [4.78, 5) is 5.70. The lowest BCUT2D eigenvalue weighted by atomic mass is 10.2. The van der Waals surface area contributed by atoms with Gasteiger partial charge in [0.2, 0.25) is 0 Å². The summed E-state index contributed by atoms with van der Waals surface area (Å²) in [6.45, 7) is 3.33. The van der Waals surface area contributed by atoms with Crippen LogP contribution in [0.2, 0.25) is 0 Å². The van der Waals surface area contributed by atoms with Crippen molar-refractivity contribution in [2.24, 2.45) is 0 Å². The summed E-state index contributed by atoms with van der Waals surface area (Å²) < 4.78 is 2.27. The Kier molecular flexibility index (Phi) is 4.17. The van der Waals surface area contributed by atoms with E-state index in [4.69, 9.17) is 0 Å². The van der Waals surface area contributed by atoms with Gasteiger partial charge in [-0.1, -0.05) is 32.3 Å². The van der Waals surface area contributed by atoms with E-state index >= 15 is 0 Å². The van der Waals surface area contributed by atoms with E-state index in [2.05, 4.69) is 40.2 Å². The van der Waals surface area contributed by atoms with Crippen LogP contribution in [-0.2, 0) is 6.54 Å². The molecule has 0 saturated carbocycles. The van der Waals surface area contributed by atoms with E-state index in [-0.39, 0.29) is 0 Å². The van der Waals surface area contributed by atoms with Gasteiger partial charge in [0, 0.05) is 18.9 Å². The summed E-state index contributed by atoms with van der Waals surface area (Å²) in [5.74, 6) is 1.12. The van der Waals surface area contributed by atoms with Gasteiger partial charge < -0.3 is 4.57 Å². The van der Waals surface area contributed by atoms with E-state index in [1.54, 1.807) is 11.3 Å². The van der Waals surface area contributed by atoms with E-state index in [0.29, 0.717) is 0 Å². The minimum Gasteiger partial charge on any atom is -0.330 e. The number of hydrogen-bond acceptors (Lipinski definition) is 2. The van der Waals surface area contributed by atoms with Crippen molar-refractivity contribution in [2.45, 2.75) is 39.2 Å². The van der Waals surface area contributed by atoms with Gasteiger partial charge in [0.1, 0.15) is 5.82 Å². The monoisotopic (exact) mass is 234 g/mol. The Balaban J connectivity index is 1.97. The van der Waals surface area contributed by atoms with Crippen molar-refractivity contribution in [1.82, 2.24) is 9.55 Å². The molecule has 0 aliphatic rings. The third-order valence-electron chi connectivity index (χ3n) is 2.71. The molecule has 2 aromatic rings. The van der Waals surface area contributed by atoms with E-state index in [0.717, 1.165) is 12.4 Å². The maximum Gasteiger partial charge on any atom is 0.149 e. The Bertz CT molecular complexity index is 403. The SMILES string of the molecule is CCCCCCn1ccnc1-c1cccs1. The minimum absolute atomic E-state index is 1.09. The quantitative estimate of drug-likeness (QED) is 0.685. The molecule has 0 amide bonds. The molecule has 86 valence electrons. The van der Waals surface area contributed by atoms with Crippen molar-refractivity contribution in [3.63, 3.8) is 0 Å². The van der Waals surface area contributed by atoms with Crippen LogP contribution in [0.5, 0.6) is 0 Å². The lowest BCUT2D eigenvalue weighted by Crippen LogP contribution is -1.98. The third-order valence-corrected chi connectivity index (χ3v) is 3.58. The van der Waals surface area contributed by atoms with Crippen LogP contribution in [0.3, 0.4) is 0 Å². The number of aryl methyl sites for hydroxylation is 1. The first-order chi connectivity index (χ1) is 7.92. The van der Waals surface area contributed by atoms with Crippen LogP contribution in [0.25, 0.3) is 10.7 Å². The standard InChI is InChI=1S/C13H18N2S/c1-2-3-4-5-9-15-10-8-14-13(15)12-7-6-11-16-12/h6-8,10-11H,2-5,9H2,1H3. The summed E-state index contributed by atoms with van der Waals surface area (Å²) in [6, 6.07) is 4.21. The molecule has 3 heteroatoms. The van der Waals surface area contributed by atoms with E-state index < -0.39 is 0 Å². The molecule has 0 saturated heterocycles. The molecule has 2 heterocycles. The summed E-state index contributed by atoms with van der Waals surface area (Å²) >= 11 is 1.76. The summed E-state index contributed by atoms with van der Waals surface area (Å²) in [5, 5.41) is 2.10. The fourth-order valence-corrected chi connectivity index (χ4v) is 2.57. The van der Waals surface area contributed by atoms with E-state index in [1.807, 2.05) is 6.20 Å². The molecule has 0 radical (unpaired) electrons. The van der Waals surface area contributed by atoms with E-state index in [1.165, 1.54) is 30.6 Å². The Morgan fingerprint density at radius 1 is 1.31 bits per heavy atom. The van der Waals surface area contributed by atoms with Crippen molar-refractivity contribution in [2.75, 3.05) is 0 Å². The lowest BCUT2D eigenvalue weighted by Gasteiger charge is -2.05. The summed E-state index contributed by atoms with van der Waals surface area (Å²) in [5.41, 5.74) is 0. The smallest absolute Gasteiger partial charge is 0.149 e. The number of imidazole rings is 1. The van der Waals surface area contributed by atoms with Crippen molar-refractivity contribution < 1.29 is 0 Å². The van der Waals surface area contributed by atoms with Gasteiger partial charge in [-0.3, -0.25) is 0 Å². The highest BCUT2D eigenvalue weighted by atomic mass is 32.1. The van der Waals surface area contributed by atoms with Crippen LogP contribution in [-0.4, -0.2) is 9.55 Å². The number of unbranched alkanes of at least 4 members (excludes halogenated alkanes) is 3. The molecule has 0 aliphatic carbocycles. The second-order valence-electron chi connectivity index (χ2n) is 3.98. The van der Waals surface area contributed by atoms with Crippen molar-refractivity contribution >= 4 is 11.3 Å². The average Bonchev–Trinajstić information content (AvgIpc) is 2.94. The number of aromatic nitrogens is 2. The van der Waals surface area contributed by atoms with Crippen LogP contribution in [0.4, 0.5) is 0 Å². The maximum absolute atomic E-state index is 4.43. The van der Waals surface area contributed by atoms with Gasteiger partial charge in [0.15, 0.2) is 0 Å². The van der Waals surface area contributed by atoms with Crippen LogP contribution >= 0.6 is 11.3 Å². The first-order valence-corrected chi connectivity index (χ1v) is 6.85. The van der Waals surface area contributed by atoms with Crippen molar-refractivity contribution in [3.8, 4) is 10.7 Å². The van der Waals surface area contributed by atoms with Crippen molar-refractivity contribution in [3.05, 3.63) is 29.9 Å². The maximum atomic E-state index is 4.43. The Morgan fingerprint density at radius 3 is 3.00 bits per heavy atom. The van der Waals surface area contributed by atoms with Crippen LogP contribution < -0.4 is 0 Å². The van der Waals surface area contributed by atoms with Gasteiger partial charge in [0.05, 0.1) is 4.88 Å². The topological polar surface area (TPSA) is 17.8 Å². The average molecular weight is 234 g/mol. The fraction of sp³-hybridized carbons (Fsp3) is 0.462. The molecule has 0 bridgehead atoms. The highest BCUT2D eigenvalue weighted by molar-refractivity contribution is 7.13. The summed E-state index contributed by atoms with van der Waals surface area (Å²) in [6.07, 6.45) is 9.18. The molecule has 2 nitrogen and oxygen atoms in total. The molecule has 0 unspecified atom stereocenters. The zero-order valence-corrected chi connectivity index (χ0v) is 10.5. The number of rotatable bonds is 6. The molecular weight excluding hydrogens is 216 g/mol. The molecule has 16 heavy (non-hydrogen) atoms. The number of hydrogen-bond donors (Lipinski definition) is 0. The molecule has 0 spiro atoms. The molecule has 2 aromatic heterocycles. The summed E-state index contributed by atoms with van der Waals surface area (Å²) in [7, 11) is 0. The predicted molar refractivity (Wildman–Crippen MR) is 69.7 cm³/mol.